The van der Waals surface area contributed by atoms with Crippen molar-refractivity contribution in [3.8, 4) is 0 Å². The summed E-state index contributed by atoms with van der Waals surface area (Å²) < 4.78 is 107. The molecule has 3 aromatic rings. The SMILES string of the molecule is O=C(Nc1ccc(C(F)(C(F)(F)F)C(F)(F)F)c2cccnc12)c1ccc(F)cc1. The highest BCUT2D eigenvalue weighted by molar-refractivity contribution is 6.08. The van der Waals surface area contributed by atoms with Crippen molar-refractivity contribution in [1.29, 1.82) is 0 Å². The van der Waals surface area contributed by atoms with Gasteiger partial charge in [0.25, 0.3) is 5.91 Å². The molecule has 0 aliphatic rings. The average molecular weight is 434 g/mol. The van der Waals surface area contributed by atoms with Crippen LogP contribution in [-0.4, -0.2) is 23.2 Å². The van der Waals surface area contributed by atoms with Crippen molar-refractivity contribution in [1.82, 2.24) is 4.98 Å². The first-order valence-corrected chi connectivity index (χ1v) is 8.14. The number of hydrogen-bond donors (Lipinski definition) is 1. The molecule has 3 nitrogen and oxygen atoms in total. The molecule has 0 spiro atoms. The number of nitrogens with one attached hydrogen (secondary N) is 1. The molecule has 0 radical (unpaired) electrons. The van der Waals surface area contributed by atoms with E-state index in [4.69, 9.17) is 0 Å². The van der Waals surface area contributed by atoms with E-state index in [1.165, 1.54) is 0 Å². The van der Waals surface area contributed by atoms with Gasteiger partial charge in [-0.1, -0.05) is 12.1 Å². The molecule has 3 rings (SSSR count). The Morgan fingerprint density at radius 3 is 2.00 bits per heavy atom. The normalized spacial score (nSPS) is 12.8. The minimum Gasteiger partial charge on any atom is -0.320 e. The summed E-state index contributed by atoms with van der Waals surface area (Å²) in [7, 11) is 0. The number of carbonyl (C=O) groups is 1. The number of benzene rings is 2. The monoisotopic (exact) mass is 434 g/mol. The first-order chi connectivity index (χ1) is 13.9. The fraction of sp³-hybridized carbons (Fsp3) is 0.158. The highest BCUT2D eigenvalue weighted by Gasteiger charge is 2.74. The van der Waals surface area contributed by atoms with Gasteiger partial charge < -0.3 is 5.32 Å². The Bertz CT molecular complexity index is 1080. The predicted octanol–water partition coefficient (Wildman–Crippen LogP) is 5.92. The Labute approximate surface area is 163 Å². The number of hydrogen-bond acceptors (Lipinski definition) is 2. The lowest BCUT2D eigenvalue weighted by Crippen LogP contribution is -2.50. The van der Waals surface area contributed by atoms with Gasteiger partial charge in [0.15, 0.2) is 0 Å². The molecular formula is C19H10F8N2O. The topological polar surface area (TPSA) is 42.0 Å². The van der Waals surface area contributed by atoms with Gasteiger partial charge in [0.05, 0.1) is 11.2 Å². The molecule has 0 unspecified atom stereocenters. The maximum absolute atomic E-state index is 14.6. The molecule has 1 aromatic heterocycles. The number of nitrogens with zero attached hydrogens (tertiary/aromatic N) is 1. The summed E-state index contributed by atoms with van der Waals surface area (Å²) in [4.78, 5) is 16.0. The molecule has 30 heavy (non-hydrogen) atoms. The van der Waals surface area contributed by atoms with Crippen molar-refractivity contribution in [2.45, 2.75) is 18.0 Å². The summed E-state index contributed by atoms with van der Waals surface area (Å²) >= 11 is 0. The third-order valence-corrected chi connectivity index (χ3v) is 4.28. The zero-order valence-electron chi connectivity index (χ0n) is 14.6. The number of amides is 1. The minimum atomic E-state index is -6.30. The molecular weight excluding hydrogens is 424 g/mol. The van der Waals surface area contributed by atoms with E-state index < -0.39 is 46.2 Å². The van der Waals surface area contributed by atoms with Gasteiger partial charge in [-0.15, -0.1) is 0 Å². The van der Waals surface area contributed by atoms with Gasteiger partial charge in [0, 0.05) is 22.7 Å². The number of rotatable bonds is 3. The van der Waals surface area contributed by atoms with Gasteiger partial charge >= 0.3 is 18.0 Å². The van der Waals surface area contributed by atoms with Crippen LogP contribution in [0.2, 0.25) is 0 Å². The average Bonchev–Trinajstić information content (AvgIpc) is 2.66. The summed E-state index contributed by atoms with van der Waals surface area (Å²) in [5.74, 6) is -1.45. The third kappa shape index (κ3) is 3.55. The molecule has 0 aliphatic carbocycles. The van der Waals surface area contributed by atoms with Crippen LogP contribution in [0, 0.1) is 5.82 Å². The van der Waals surface area contributed by atoms with E-state index in [1.807, 2.05) is 0 Å². The van der Waals surface area contributed by atoms with Gasteiger partial charge in [-0.2, -0.15) is 26.3 Å². The minimum absolute atomic E-state index is 0.0324. The zero-order chi connectivity index (χ0) is 22.3. The number of anilines is 1. The van der Waals surface area contributed by atoms with Crippen LogP contribution in [0.4, 0.5) is 40.8 Å². The summed E-state index contributed by atoms with van der Waals surface area (Å²) in [6, 6.07) is 7.06. The molecule has 158 valence electrons. The van der Waals surface area contributed by atoms with Crippen LogP contribution in [0.3, 0.4) is 0 Å². The maximum atomic E-state index is 14.6. The first-order valence-electron chi connectivity index (χ1n) is 8.14. The van der Waals surface area contributed by atoms with E-state index in [9.17, 15) is 39.9 Å². The van der Waals surface area contributed by atoms with Crippen molar-refractivity contribution < 1.29 is 39.9 Å². The standard InChI is InChI=1S/C19H10F8N2O/c20-11-5-3-10(4-6-11)16(30)29-14-8-7-13(12-2-1-9-28-15(12)14)17(21,18(22,23)24)19(25,26)27/h1-9H,(H,29,30). The Kier molecular flexibility index (Phi) is 5.17. The third-order valence-electron chi connectivity index (χ3n) is 4.28. The van der Waals surface area contributed by atoms with Crippen LogP contribution in [-0.2, 0) is 5.67 Å². The second-order valence-electron chi connectivity index (χ2n) is 6.18. The van der Waals surface area contributed by atoms with Gasteiger partial charge in [0.2, 0.25) is 0 Å². The van der Waals surface area contributed by atoms with E-state index in [1.54, 1.807) is 0 Å². The van der Waals surface area contributed by atoms with Gasteiger partial charge in [-0.05, 0) is 36.4 Å². The number of aromatic nitrogens is 1. The summed E-state index contributed by atoms with van der Waals surface area (Å²) in [6.07, 6.45) is -11.5. The second kappa shape index (κ2) is 7.22. The molecule has 1 amide bonds. The Hall–Kier alpha value is -3.24. The molecule has 0 fully saturated rings. The van der Waals surface area contributed by atoms with Gasteiger partial charge in [-0.3, -0.25) is 9.78 Å². The number of alkyl halides is 7. The molecule has 1 heterocycles. The number of carbonyl (C=O) groups excluding carboxylic acids is 1. The second-order valence-corrected chi connectivity index (χ2v) is 6.18. The van der Waals surface area contributed by atoms with E-state index in [2.05, 4.69) is 10.3 Å². The van der Waals surface area contributed by atoms with Crippen molar-refractivity contribution in [3.05, 3.63) is 71.7 Å². The largest absolute Gasteiger partial charge is 0.435 e. The quantitative estimate of drug-likeness (QED) is 0.521. The first kappa shape index (κ1) is 21.5. The lowest BCUT2D eigenvalue weighted by atomic mass is 9.90. The smallest absolute Gasteiger partial charge is 0.320 e. The van der Waals surface area contributed by atoms with Gasteiger partial charge in [-0.25, -0.2) is 8.78 Å². The van der Waals surface area contributed by atoms with Gasteiger partial charge in [0.1, 0.15) is 5.82 Å². The van der Waals surface area contributed by atoms with Crippen LogP contribution in [0.1, 0.15) is 15.9 Å². The van der Waals surface area contributed by atoms with Crippen molar-refractivity contribution >= 4 is 22.5 Å². The van der Waals surface area contributed by atoms with Crippen LogP contribution >= 0.6 is 0 Å². The highest BCUT2D eigenvalue weighted by Crippen LogP contribution is 2.54. The lowest BCUT2D eigenvalue weighted by molar-refractivity contribution is -0.348. The number of fused-ring (bicyclic) bond motifs is 1. The zero-order valence-corrected chi connectivity index (χ0v) is 14.6. The van der Waals surface area contributed by atoms with E-state index in [-0.39, 0.29) is 11.3 Å². The molecule has 1 N–H and O–H groups in total. The molecule has 11 heteroatoms. The van der Waals surface area contributed by atoms with Crippen molar-refractivity contribution in [2.75, 3.05) is 5.32 Å². The lowest BCUT2D eigenvalue weighted by Gasteiger charge is -2.31. The predicted molar refractivity (Wildman–Crippen MR) is 91.0 cm³/mol. The van der Waals surface area contributed by atoms with E-state index in [0.29, 0.717) is 12.1 Å². The van der Waals surface area contributed by atoms with Crippen LogP contribution in [0.25, 0.3) is 10.9 Å². The van der Waals surface area contributed by atoms with Crippen LogP contribution in [0.15, 0.2) is 54.7 Å². The fourth-order valence-electron chi connectivity index (χ4n) is 2.84. The summed E-state index contributed by atoms with van der Waals surface area (Å²) in [5.41, 5.74) is -8.13. The summed E-state index contributed by atoms with van der Waals surface area (Å²) in [5, 5.41) is 1.48. The molecule has 0 aliphatic heterocycles. The number of halogens is 8. The highest BCUT2D eigenvalue weighted by atomic mass is 19.4. The van der Waals surface area contributed by atoms with E-state index >= 15 is 0 Å². The molecule has 2 aromatic carbocycles. The fourth-order valence-corrected chi connectivity index (χ4v) is 2.84. The molecule has 0 bridgehead atoms. The Morgan fingerprint density at radius 2 is 1.43 bits per heavy atom. The Morgan fingerprint density at radius 1 is 0.833 bits per heavy atom. The van der Waals surface area contributed by atoms with Crippen LogP contribution in [0.5, 0.6) is 0 Å². The Balaban J connectivity index is 2.14. The van der Waals surface area contributed by atoms with E-state index in [0.717, 1.165) is 42.6 Å². The number of pyridine rings is 1. The van der Waals surface area contributed by atoms with Crippen molar-refractivity contribution in [3.63, 3.8) is 0 Å². The summed E-state index contributed by atoms with van der Waals surface area (Å²) in [6.45, 7) is 0. The molecule has 0 saturated heterocycles. The maximum Gasteiger partial charge on any atom is 0.435 e. The molecule has 0 atom stereocenters. The molecule has 0 saturated carbocycles. The van der Waals surface area contributed by atoms with Crippen molar-refractivity contribution in [2.24, 2.45) is 0 Å². The van der Waals surface area contributed by atoms with Crippen LogP contribution < -0.4 is 5.32 Å².